The number of hydrogen-bond acceptors (Lipinski definition) is 3. The van der Waals surface area contributed by atoms with Gasteiger partial charge in [-0.05, 0) is 24.1 Å². The highest BCUT2D eigenvalue weighted by molar-refractivity contribution is 5.73. The SMILES string of the molecule is COCNC(=O)NCCc1ccc(O)cc1. The summed E-state index contributed by atoms with van der Waals surface area (Å²) in [5, 5.41) is 14.3. The highest BCUT2D eigenvalue weighted by Crippen LogP contribution is 2.09. The van der Waals surface area contributed by atoms with Crippen LogP contribution in [-0.2, 0) is 11.2 Å². The largest absolute Gasteiger partial charge is 0.508 e. The number of methoxy groups -OCH3 is 1. The predicted molar refractivity (Wildman–Crippen MR) is 60.2 cm³/mol. The molecular weight excluding hydrogens is 208 g/mol. The molecule has 0 unspecified atom stereocenters. The molecule has 0 aromatic heterocycles. The molecule has 1 aromatic carbocycles. The van der Waals surface area contributed by atoms with E-state index in [1.54, 1.807) is 12.1 Å². The monoisotopic (exact) mass is 224 g/mol. The lowest BCUT2D eigenvalue weighted by Crippen LogP contribution is -2.37. The number of benzene rings is 1. The van der Waals surface area contributed by atoms with Gasteiger partial charge in [0.2, 0.25) is 0 Å². The second-order valence-corrected chi connectivity index (χ2v) is 3.28. The van der Waals surface area contributed by atoms with Crippen LogP contribution in [0.1, 0.15) is 5.56 Å². The molecule has 5 nitrogen and oxygen atoms in total. The van der Waals surface area contributed by atoms with Crippen LogP contribution in [0.25, 0.3) is 0 Å². The van der Waals surface area contributed by atoms with Gasteiger partial charge in [0.1, 0.15) is 12.5 Å². The van der Waals surface area contributed by atoms with E-state index in [9.17, 15) is 4.79 Å². The Labute approximate surface area is 94.4 Å². The number of rotatable bonds is 5. The first kappa shape index (κ1) is 12.3. The molecule has 5 heteroatoms. The second kappa shape index (κ2) is 6.68. The van der Waals surface area contributed by atoms with E-state index in [1.165, 1.54) is 7.11 Å². The summed E-state index contributed by atoms with van der Waals surface area (Å²) in [6.07, 6.45) is 0.723. The average Bonchev–Trinajstić information content (AvgIpc) is 2.29. The van der Waals surface area contributed by atoms with Crippen molar-refractivity contribution in [1.82, 2.24) is 10.6 Å². The van der Waals surface area contributed by atoms with Crippen molar-refractivity contribution < 1.29 is 14.6 Å². The zero-order chi connectivity index (χ0) is 11.8. The van der Waals surface area contributed by atoms with Crippen LogP contribution in [-0.4, -0.2) is 31.5 Å². The number of hydrogen-bond donors (Lipinski definition) is 3. The molecule has 1 aromatic rings. The first-order valence-corrected chi connectivity index (χ1v) is 5.01. The Morgan fingerprint density at radius 2 is 2.00 bits per heavy atom. The number of ether oxygens (including phenoxy) is 1. The Morgan fingerprint density at radius 3 is 2.62 bits per heavy atom. The molecule has 0 bridgehead atoms. The minimum Gasteiger partial charge on any atom is -0.508 e. The van der Waals surface area contributed by atoms with Crippen molar-refractivity contribution in [3.63, 3.8) is 0 Å². The van der Waals surface area contributed by atoms with E-state index in [4.69, 9.17) is 9.84 Å². The first-order valence-electron chi connectivity index (χ1n) is 5.01. The maximum Gasteiger partial charge on any atom is 0.316 e. The van der Waals surface area contributed by atoms with E-state index in [1.807, 2.05) is 12.1 Å². The number of phenols is 1. The highest BCUT2D eigenvalue weighted by atomic mass is 16.5. The van der Waals surface area contributed by atoms with Gasteiger partial charge >= 0.3 is 6.03 Å². The van der Waals surface area contributed by atoms with Crippen molar-refractivity contribution in [2.24, 2.45) is 0 Å². The van der Waals surface area contributed by atoms with Crippen LogP contribution in [0.3, 0.4) is 0 Å². The van der Waals surface area contributed by atoms with Gasteiger partial charge in [0.15, 0.2) is 0 Å². The Hall–Kier alpha value is -1.75. The van der Waals surface area contributed by atoms with E-state index in [0.717, 1.165) is 12.0 Å². The normalized spacial score (nSPS) is 9.81. The van der Waals surface area contributed by atoms with Gasteiger partial charge in [0, 0.05) is 13.7 Å². The Balaban J connectivity index is 2.20. The molecule has 0 spiro atoms. The summed E-state index contributed by atoms with van der Waals surface area (Å²) in [6, 6.07) is 6.65. The Morgan fingerprint density at radius 1 is 1.31 bits per heavy atom. The zero-order valence-electron chi connectivity index (χ0n) is 9.19. The number of carbonyl (C=O) groups is 1. The van der Waals surface area contributed by atoms with E-state index in [0.29, 0.717) is 6.54 Å². The summed E-state index contributed by atoms with van der Waals surface area (Å²) in [6.45, 7) is 0.741. The summed E-state index contributed by atoms with van der Waals surface area (Å²) >= 11 is 0. The first-order chi connectivity index (χ1) is 7.72. The third-order valence-electron chi connectivity index (χ3n) is 2.01. The molecule has 0 heterocycles. The second-order valence-electron chi connectivity index (χ2n) is 3.28. The van der Waals surface area contributed by atoms with Gasteiger partial charge in [-0.15, -0.1) is 0 Å². The van der Waals surface area contributed by atoms with Crippen LogP contribution in [0.4, 0.5) is 4.79 Å². The smallest absolute Gasteiger partial charge is 0.316 e. The molecule has 2 amide bonds. The fourth-order valence-corrected chi connectivity index (χ4v) is 1.18. The third kappa shape index (κ3) is 4.65. The Bertz CT molecular complexity index is 325. The lowest BCUT2D eigenvalue weighted by molar-refractivity contribution is 0.172. The number of carbonyl (C=O) groups excluding carboxylic acids is 1. The molecule has 0 aliphatic rings. The van der Waals surface area contributed by atoms with Gasteiger partial charge in [0.25, 0.3) is 0 Å². The molecule has 1 rings (SSSR count). The number of nitrogens with one attached hydrogen (secondary N) is 2. The van der Waals surface area contributed by atoms with E-state index >= 15 is 0 Å². The van der Waals surface area contributed by atoms with E-state index in [2.05, 4.69) is 10.6 Å². The summed E-state index contributed by atoms with van der Waals surface area (Å²) in [7, 11) is 1.51. The quantitative estimate of drug-likeness (QED) is 0.649. The molecule has 3 N–H and O–H groups in total. The number of urea groups is 1. The summed E-state index contributed by atoms with van der Waals surface area (Å²) in [5.41, 5.74) is 1.06. The minimum atomic E-state index is -0.249. The molecule has 0 aliphatic heterocycles. The van der Waals surface area contributed by atoms with Crippen molar-refractivity contribution in [2.45, 2.75) is 6.42 Å². The van der Waals surface area contributed by atoms with Gasteiger partial charge in [-0.1, -0.05) is 12.1 Å². The fraction of sp³-hybridized carbons (Fsp3) is 0.364. The molecule has 0 saturated heterocycles. The van der Waals surface area contributed by atoms with Crippen LogP contribution in [0.2, 0.25) is 0 Å². The fourth-order valence-electron chi connectivity index (χ4n) is 1.18. The van der Waals surface area contributed by atoms with Crippen molar-refractivity contribution in [3.8, 4) is 5.75 Å². The Kier molecular flexibility index (Phi) is 5.15. The van der Waals surface area contributed by atoms with Gasteiger partial charge in [0.05, 0.1) is 0 Å². The molecule has 0 atom stereocenters. The maximum absolute atomic E-state index is 11.1. The average molecular weight is 224 g/mol. The minimum absolute atomic E-state index is 0.199. The molecule has 0 aliphatic carbocycles. The summed E-state index contributed by atoms with van der Waals surface area (Å²) in [5.74, 6) is 0.245. The van der Waals surface area contributed by atoms with Gasteiger partial charge in [-0.25, -0.2) is 4.79 Å². The molecule has 16 heavy (non-hydrogen) atoms. The van der Waals surface area contributed by atoms with Crippen molar-refractivity contribution in [3.05, 3.63) is 29.8 Å². The van der Waals surface area contributed by atoms with E-state index < -0.39 is 0 Å². The van der Waals surface area contributed by atoms with E-state index in [-0.39, 0.29) is 18.5 Å². The van der Waals surface area contributed by atoms with Crippen LogP contribution in [0.15, 0.2) is 24.3 Å². The topological polar surface area (TPSA) is 70.6 Å². The third-order valence-corrected chi connectivity index (χ3v) is 2.01. The molecular formula is C11H16N2O3. The van der Waals surface area contributed by atoms with Gasteiger partial charge in [-0.3, -0.25) is 0 Å². The van der Waals surface area contributed by atoms with Crippen molar-refractivity contribution >= 4 is 6.03 Å². The number of phenolic OH excluding ortho intramolecular Hbond substituents is 1. The zero-order valence-corrected chi connectivity index (χ0v) is 9.19. The van der Waals surface area contributed by atoms with Crippen LogP contribution in [0.5, 0.6) is 5.75 Å². The predicted octanol–water partition coefficient (Wildman–Crippen LogP) is 0.838. The van der Waals surface area contributed by atoms with Crippen LogP contribution >= 0.6 is 0 Å². The molecule has 88 valence electrons. The summed E-state index contributed by atoms with van der Waals surface area (Å²) in [4.78, 5) is 11.1. The van der Waals surface area contributed by atoms with Crippen molar-refractivity contribution in [1.29, 1.82) is 0 Å². The molecule has 0 radical (unpaired) electrons. The molecule has 0 saturated carbocycles. The van der Waals surface area contributed by atoms with Gasteiger partial charge < -0.3 is 20.5 Å². The molecule has 0 fully saturated rings. The van der Waals surface area contributed by atoms with Crippen molar-refractivity contribution in [2.75, 3.05) is 20.4 Å². The van der Waals surface area contributed by atoms with Crippen LogP contribution < -0.4 is 10.6 Å². The summed E-state index contributed by atoms with van der Waals surface area (Å²) < 4.78 is 4.69. The lowest BCUT2D eigenvalue weighted by atomic mass is 10.1. The van der Waals surface area contributed by atoms with Crippen LogP contribution in [0, 0.1) is 0 Å². The lowest BCUT2D eigenvalue weighted by Gasteiger charge is -2.06. The maximum atomic E-state index is 11.1. The highest BCUT2D eigenvalue weighted by Gasteiger charge is 1.98. The standard InChI is InChI=1S/C11H16N2O3/c1-16-8-13-11(15)12-7-6-9-2-4-10(14)5-3-9/h2-5,14H,6-8H2,1H3,(H2,12,13,15). The van der Waals surface area contributed by atoms with Gasteiger partial charge in [-0.2, -0.15) is 0 Å². The number of aromatic hydroxyl groups is 1. The number of amides is 2.